The zero-order valence-corrected chi connectivity index (χ0v) is 9.58. The SMILES string of the molecule is O[C@H](c1ccccc1Cl)C1CCCCC1. The largest absolute Gasteiger partial charge is 0.388 e. The third-order valence-corrected chi connectivity index (χ3v) is 3.66. The van der Waals surface area contributed by atoms with Gasteiger partial charge in [0.1, 0.15) is 0 Å². The standard InChI is InChI=1S/C13H17ClO/c14-12-9-5-4-8-11(12)13(15)10-6-2-1-3-7-10/h4-5,8-10,13,15H,1-3,6-7H2/t13-/m0/s1. The summed E-state index contributed by atoms with van der Waals surface area (Å²) in [4.78, 5) is 0. The van der Waals surface area contributed by atoms with Crippen molar-refractivity contribution in [2.45, 2.75) is 38.2 Å². The Bertz CT molecular complexity index is 318. The lowest BCUT2D eigenvalue weighted by atomic mass is 9.83. The first-order valence-electron chi connectivity index (χ1n) is 5.71. The van der Waals surface area contributed by atoms with E-state index in [0.717, 1.165) is 18.4 Å². The maximum absolute atomic E-state index is 10.2. The molecule has 82 valence electrons. The maximum Gasteiger partial charge on any atom is 0.0832 e. The molecular weight excluding hydrogens is 208 g/mol. The summed E-state index contributed by atoms with van der Waals surface area (Å²) in [6.07, 6.45) is 5.68. The third-order valence-electron chi connectivity index (χ3n) is 3.32. The van der Waals surface area contributed by atoms with Crippen LogP contribution in [0.4, 0.5) is 0 Å². The van der Waals surface area contributed by atoms with Crippen molar-refractivity contribution in [3.8, 4) is 0 Å². The highest BCUT2D eigenvalue weighted by Crippen LogP contribution is 2.36. The quantitative estimate of drug-likeness (QED) is 0.807. The van der Waals surface area contributed by atoms with E-state index >= 15 is 0 Å². The molecule has 2 rings (SSSR count). The topological polar surface area (TPSA) is 20.2 Å². The molecule has 0 unspecified atom stereocenters. The Kier molecular flexibility index (Phi) is 3.66. The van der Waals surface area contributed by atoms with Gasteiger partial charge >= 0.3 is 0 Å². The highest BCUT2D eigenvalue weighted by molar-refractivity contribution is 6.31. The molecule has 1 aromatic rings. The lowest BCUT2D eigenvalue weighted by Crippen LogP contribution is -2.16. The molecule has 1 N–H and O–H groups in total. The number of halogens is 1. The molecule has 1 saturated carbocycles. The summed E-state index contributed by atoms with van der Waals surface area (Å²) in [7, 11) is 0. The van der Waals surface area contributed by atoms with Crippen LogP contribution in [0.1, 0.15) is 43.8 Å². The van der Waals surface area contributed by atoms with Gasteiger partial charge in [-0.15, -0.1) is 0 Å². The second-order valence-corrected chi connectivity index (χ2v) is 4.77. The number of hydrogen-bond acceptors (Lipinski definition) is 1. The first kappa shape index (κ1) is 11.0. The molecular formula is C13H17ClO. The second kappa shape index (κ2) is 5.00. The van der Waals surface area contributed by atoms with Crippen molar-refractivity contribution in [2.75, 3.05) is 0 Å². The van der Waals surface area contributed by atoms with Crippen LogP contribution in [-0.2, 0) is 0 Å². The van der Waals surface area contributed by atoms with E-state index in [1.54, 1.807) is 0 Å². The fourth-order valence-corrected chi connectivity index (χ4v) is 2.67. The highest BCUT2D eigenvalue weighted by atomic mass is 35.5. The normalized spacial score (nSPS) is 20.1. The van der Waals surface area contributed by atoms with Crippen LogP contribution in [0.25, 0.3) is 0 Å². The molecule has 0 aliphatic heterocycles. The van der Waals surface area contributed by atoms with Crippen molar-refractivity contribution in [2.24, 2.45) is 5.92 Å². The molecule has 0 amide bonds. The van der Waals surface area contributed by atoms with Gasteiger partial charge in [0.25, 0.3) is 0 Å². The number of aliphatic hydroxyl groups excluding tert-OH is 1. The molecule has 1 aromatic carbocycles. The number of aliphatic hydroxyl groups is 1. The molecule has 0 aromatic heterocycles. The van der Waals surface area contributed by atoms with Crippen molar-refractivity contribution < 1.29 is 5.11 Å². The van der Waals surface area contributed by atoms with E-state index in [0.29, 0.717) is 10.9 Å². The van der Waals surface area contributed by atoms with Crippen LogP contribution in [-0.4, -0.2) is 5.11 Å². The van der Waals surface area contributed by atoms with Crippen molar-refractivity contribution in [3.05, 3.63) is 34.9 Å². The van der Waals surface area contributed by atoms with Gasteiger partial charge in [-0.1, -0.05) is 49.1 Å². The summed E-state index contributed by atoms with van der Waals surface area (Å²) in [6, 6.07) is 7.62. The van der Waals surface area contributed by atoms with Crippen LogP contribution in [0.5, 0.6) is 0 Å². The lowest BCUT2D eigenvalue weighted by Gasteiger charge is -2.27. The van der Waals surface area contributed by atoms with Crippen molar-refractivity contribution >= 4 is 11.6 Å². The second-order valence-electron chi connectivity index (χ2n) is 4.36. The molecule has 1 nitrogen and oxygen atoms in total. The van der Waals surface area contributed by atoms with Gasteiger partial charge in [-0.3, -0.25) is 0 Å². The smallest absolute Gasteiger partial charge is 0.0832 e. The molecule has 0 saturated heterocycles. The first-order valence-corrected chi connectivity index (χ1v) is 6.09. The predicted octanol–water partition coefficient (Wildman–Crippen LogP) is 3.95. The van der Waals surface area contributed by atoms with Crippen molar-refractivity contribution in [1.29, 1.82) is 0 Å². The van der Waals surface area contributed by atoms with Gasteiger partial charge in [0.2, 0.25) is 0 Å². The summed E-state index contributed by atoms with van der Waals surface area (Å²) in [5, 5.41) is 10.9. The lowest BCUT2D eigenvalue weighted by molar-refractivity contribution is 0.0849. The first-order chi connectivity index (χ1) is 7.29. The molecule has 1 fully saturated rings. The molecule has 0 heterocycles. The van der Waals surface area contributed by atoms with Gasteiger partial charge in [-0.05, 0) is 30.4 Å². The molecule has 1 atom stereocenters. The minimum atomic E-state index is -0.376. The Hall–Kier alpha value is -0.530. The summed E-state index contributed by atoms with van der Waals surface area (Å²) < 4.78 is 0. The van der Waals surface area contributed by atoms with E-state index in [1.165, 1.54) is 19.3 Å². The van der Waals surface area contributed by atoms with Gasteiger partial charge in [0.05, 0.1) is 6.10 Å². The Morgan fingerprint density at radius 1 is 1.13 bits per heavy atom. The van der Waals surface area contributed by atoms with Gasteiger partial charge < -0.3 is 5.11 Å². The van der Waals surface area contributed by atoms with Crippen LogP contribution >= 0.6 is 11.6 Å². The zero-order valence-electron chi connectivity index (χ0n) is 8.82. The average Bonchev–Trinajstić information content (AvgIpc) is 2.30. The minimum Gasteiger partial charge on any atom is -0.388 e. The average molecular weight is 225 g/mol. The van der Waals surface area contributed by atoms with Gasteiger partial charge in [-0.2, -0.15) is 0 Å². The molecule has 0 spiro atoms. The molecule has 0 bridgehead atoms. The molecule has 0 radical (unpaired) electrons. The van der Waals surface area contributed by atoms with E-state index in [4.69, 9.17) is 11.6 Å². The molecule has 1 aliphatic rings. The Labute approximate surface area is 96.1 Å². The Morgan fingerprint density at radius 3 is 2.47 bits per heavy atom. The van der Waals surface area contributed by atoms with Crippen LogP contribution < -0.4 is 0 Å². The summed E-state index contributed by atoms with van der Waals surface area (Å²) in [5.41, 5.74) is 0.895. The van der Waals surface area contributed by atoms with E-state index < -0.39 is 0 Å². The number of benzene rings is 1. The number of hydrogen-bond donors (Lipinski definition) is 1. The summed E-state index contributed by atoms with van der Waals surface area (Å²) in [6.45, 7) is 0. The third kappa shape index (κ3) is 2.53. The monoisotopic (exact) mass is 224 g/mol. The maximum atomic E-state index is 10.2. The fraction of sp³-hybridized carbons (Fsp3) is 0.538. The Morgan fingerprint density at radius 2 is 1.80 bits per heavy atom. The van der Waals surface area contributed by atoms with Crippen molar-refractivity contribution in [1.82, 2.24) is 0 Å². The fourth-order valence-electron chi connectivity index (χ4n) is 2.42. The van der Waals surface area contributed by atoms with E-state index in [-0.39, 0.29) is 6.10 Å². The van der Waals surface area contributed by atoms with Crippen LogP contribution in [0.3, 0.4) is 0 Å². The van der Waals surface area contributed by atoms with Gasteiger partial charge in [0.15, 0.2) is 0 Å². The molecule has 15 heavy (non-hydrogen) atoms. The van der Waals surface area contributed by atoms with Crippen LogP contribution in [0.2, 0.25) is 5.02 Å². The van der Waals surface area contributed by atoms with Crippen molar-refractivity contribution in [3.63, 3.8) is 0 Å². The van der Waals surface area contributed by atoms with E-state index in [2.05, 4.69) is 0 Å². The molecule has 2 heteroatoms. The van der Waals surface area contributed by atoms with E-state index in [9.17, 15) is 5.11 Å². The van der Waals surface area contributed by atoms with Crippen LogP contribution in [0.15, 0.2) is 24.3 Å². The Balaban J connectivity index is 2.12. The number of rotatable bonds is 2. The van der Waals surface area contributed by atoms with Gasteiger partial charge in [-0.25, -0.2) is 0 Å². The highest BCUT2D eigenvalue weighted by Gasteiger charge is 2.24. The predicted molar refractivity (Wildman–Crippen MR) is 63.0 cm³/mol. The molecule has 1 aliphatic carbocycles. The van der Waals surface area contributed by atoms with Gasteiger partial charge in [0, 0.05) is 5.02 Å². The van der Waals surface area contributed by atoms with Crippen LogP contribution in [0, 0.1) is 5.92 Å². The summed E-state index contributed by atoms with van der Waals surface area (Å²) >= 11 is 6.08. The zero-order chi connectivity index (χ0) is 10.7. The summed E-state index contributed by atoms with van der Waals surface area (Å²) in [5.74, 6) is 0.402. The minimum absolute atomic E-state index is 0.376. The van der Waals surface area contributed by atoms with E-state index in [1.807, 2.05) is 24.3 Å².